The van der Waals surface area contributed by atoms with Gasteiger partial charge in [0, 0.05) is 10.9 Å². The molecule has 0 aliphatic carbocycles. The van der Waals surface area contributed by atoms with Crippen LogP contribution in [0.15, 0.2) is 95.4 Å². The van der Waals surface area contributed by atoms with Crippen molar-refractivity contribution >= 4 is 41.8 Å². The van der Waals surface area contributed by atoms with Crippen molar-refractivity contribution < 1.29 is 17.6 Å². The van der Waals surface area contributed by atoms with E-state index >= 15 is 0 Å². The van der Waals surface area contributed by atoms with Crippen LogP contribution in [0.2, 0.25) is 5.02 Å². The highest BCUT2D eigenvalue weighted by Gasteiger charge is 2.31. The van der Waals surface area contributed by atoms with Gasteiger partial charge in [-0.1, -0.05) is 65.7 Å². The predicted molar refractivity (Wildman–Crippen MR) is 154 cm³/mol. The second-order valence-corrected chi connectivity index (χ2v) is 12.3. The number of carbonyl (C=O) groups excluding carboxylic acids is 1. The first-order valence-corrected chi connectivity index (χ1v) is 14.5. The lowest BCUT2D eigenvalue weighted by Crippen LogP contribution is -2.22. The second kappa shape index (κ2) is 13.1. The topological polar surface area (TPSA) is 75.0 Å². The average Bonchev–Trinajstić information content (AvgIpc) is 2.87. The summed E-state index contributed by atoms with van der Waals surface area (Å²) in [5.74, 6) is -1.86. The molecule has 3 aromatic rings. The maximum atomic E-state index is 13.9. The van der Waals surface area contributed by atoms with E-state index in [1.54, 1.807) is 24.3 Å². The van der Waals surface area contributed by atoms with Gasteiger partial charge < -0.3 is 0 Å². The molecule has 4 nitrogen and oxygen atoms in total. The summed E-state index contributed by atoms with van der Waals surface area (Å²) in [7, 11) is -1.28. The van der Waals surface area contributed by atoms with Crippen LogP contribution in [0.25, 0.3) is 0 Å². The molecule has 0 radical (unpaired) electrons. The zero-order valence-electron chi connectivity index (χ0n) is 21.1. The van der Waals surface area contributed by atoms with E-state index in [4.69, 9.17) is 11.6 Å². The van der Waals surface area contributed by atoms with Crippen LogP contribution in [0.1, 0.15) is 48.8 Å². The Kier molecular flexibility index (Phi) is 10.2. The van der Waals surface area contributed by atoms with Crippen molar-refractivity contribution in [1.29, 1.82) is 5.26 Å². The van der Waals surface area contributed by atoms with Crippen LogP contribution in [-0.2, 0) is 14.6 Å². The number of nitriles is 1. The van der Waals surface area contributed by atoms with Crippen molar-refractivity contribution in [3.8, 4) is 6.07 Å². The molecular formula is C30H28ClFNO3PS. The Morgan fingerprint density at radius 1 is 1.03 bits per heavy atom. The van der Waals surface area contributed by atoms with E-state index in [-0.39, 0.29) is 27.9 Å². The first kappa shape index (κ1) is 29.5. The van der Waals surface area contributed by atoms with Crippen LogP contribution in [0, 0.1) is 17.1 Å². The molecule has 0 bridgehead atoms. The van der Waals surface area contributed by atoms with E-state index in [2.05, 4.69) is 9.24 Å². The molecule has 0 spiro atoms. The van der Waals surface area contributed by atoms with Crippen molar-refractivity contribution in [2.24, 2.45) is 0 Å². The molecule has 1 unspecified atom stereocenters. The Morgan fingerprint density at radius 2 is 1.63 bits per heavy atom. The highest BCUT2D eigenvalue weighted by Crippen LogP contribution is 2.40. The van der Waals surface area contributed by atoms with Gasteiger partial charge in [-0.15, -0.1) is 9.24 Å². The number of allylic oxidation sites excluding steroid dienone is 4. The molecule has 196 valence electrons. The minimum atomic E-state index is -3.93. The summed E-state index contributed by atoms with van der Waals surface area (Å²) >= 11 is 6.14. The first-order valence-electron chi connectivity index (χ1n) is 11.9. The summed E-state index contributed by atoms with van der Waals surface area (Å²) in [5.41, 5.74) is 2.38. The standard InChI is InChI=1S/C30H28ClFNO3PS/c1-20(4-3-5-21(2)34)16-28(22-8-12-26(37)13-9-22)29(23-6-10-25(31)11-7-23)19-38(35,36)27-14-15-30(32)24(17-27)18-33/h3-15,17,28-29H,16,19,37H2,1-2H3/b5-3-,20-4-/t28-,29+/m0/s1. The Bertz CT molecular complexity index is 1510. The highest BCUT2D eigenvalue weighted by molar-refractivity contribution is 7.91. The predicted octanol–water partition coefficient (Wildman–Crippen LogP) is 6.67. The average molecular weight is 568 g/mol. The fourth-order valence-electron chi connectivity index (χ4n) is 4.27. The third kappa shape index (κ3) is 7.95. The van der Waals surface area contributed by atoms with Crippen LogP contribution >= 0.6 is 20.8 Å². The lowest BCUT2D eigenvalue weighted by atomic mass is 9.79. The van der Waals surface area contributed by atoms with Crippen molar-refractivity contribution in [2.75, 3.05) is 5.75 Å². The zero-order valence-corrected chi connectivity index (χ0v) is 23.8. The Hall–Kier alpha value is -3.10. The van der Waals surface area contributed by atoms with Crippen LogP contribution in [-0.4, -0.2) is 20.0 Å². The number of halogens is 2. The summed E-state index contributed by atoms with van der Waals surface area (Å²) in [6, 6.07) is 19.9. The number of sulfone groups is 1. The van der Waals surface area contributed by atoms with Crippen LogP contribution in [0.3, 0.4) is 0 Å². The molecule has 0 heterocycles. The highest BCUT2D eigenvalue weighted by atomic mass is 35.5. The van der Waals surface area contributed by atoms with Crippen LogP contribution < -0.4 is 5.30 Å². The second-order valence-electron chi connectivity index (χ2n) is 9.15. The van der Waals surface area contributed by atoms with Crippen molar-refractivity contribution in [3.63, 3.8) is 0 Å². The molecule has 8 heteroatoms. The number of hydrogen-bond donors (Lipinski definition) is 0. The molecule has 0 N–H and O–H groups in total. The Balaban J connectivity index is 2.13. The number of rotatable bonds is 10. The molecule has 0 aliphatic rings. The number of benzene rings is 3. The third-order valence-corrected chi connectivity index (χ3v) is 8.63. The summed E-state index contributed by atoms with van der Waals surface area (Å²) in [4.78, 5) is 11.2. The maximum Gasteiger partial charge on any atom is 0.179 e. The van der Waals surface area contributed by atoms with Crippen molar-refractivity contribution in [3.05, 3.63) is 118 Å². The molecule has 3 atom stereocenters. The largest absolute Gasteiger partial charge is 0.295 e. The zero-order chi connectivity index (χ0) is 27.9. The quantitative estimate of drug-likeness (QED) is 0.119. The molecule has 3 rings (SSSR count). The summed E-state index contributed by atoms with van der Waals surface area (Å²) in [6.45, 7) is 3.41. The van der Waals surface area contributed by atoms with Crippen molar-refractivity contribution in [2.45, 2.75) is 37.0 Å². The summed E-state index contributed by atoms with van der Waals surface area (Å²) in [5, 5.41) is 10.8. The smallest absolute Gasteiger partial charge is 0.179 e. The van der Waals surface area contributed by atoms with Gasteiger partial charge >= 0.3 is 0 Å². The lowest BCUT2D eigenvalue weighted by molar-refractivity contribution is -0.112. The fourth-order valence-corrected chi connectivity index (χ4v) is 6.25. The number of hydrogen-bond acceptors (Lipinski definition) is 4. The Morgan fingerprint density at radius 3 is 2.24 bits per heavy atom. The minimum absolute atomic E-state index is 0.0668. The fraction of sp³-hybridized carbons (Fsp3) is 0.200. The van der Waals surface area contributed by atoms with E-state index in [1.807, 2.05) is 49.4 Å². The van der Waals surface area contributed by atoms with E-state index in [0.29, 0.717) is 11.4 Å². The van der Waals surface area contributed by atoms with Gasteiger partial charge in [0.15, 0.2) is 15.6 Å². The van der Waals surface area contributed by atoms with Gasteiger partial charge in [-0.2, -0.15) is 5.26 Å². The molecular weight excluding hydrogens is 540 g/mol. The van der Waals surface area contributed by atoms with Gasteiger partial charge in [0.05, 0.1) is 16.2 Å². The number of nitrogens with zero attached hydrogens (tertiary/aromatic N) is 1. The first-order chi connectivity index (χ1) is 18.0. The molecule has 3 aromatic carbocycles. The van der Waals surface area contributed by atoms with E-state index in [1.165, 1.54) is 19.1 Å². The molecule has 0 fully saturated rings. The van der Waals surface area contributed by atoms with E-state index in [9.17, 15) is 22.9 Å². The molecule has 0 saturated heterocycles. The van der Waals surface area contributed by atoms with Gasteiger partial charge in [-0.3, -0.25) is 4.79 Å². The third-order valence-electron chi connectivity index (χ3n) is 6.22. The van der Waals surface area contributed by atoms with Gasteiger partial charge in [-0.05, 0) is 79.0 Å². The molecule has 38 heavy (non-hydrogen) atoms. The molecule has 0 aromatic heterocycles. The summed E-state index contributed by atoms with van der Waals surface area (Å²) in [6.07, 6.45) is 5.54. The number of ketones is 1. The van der Waals surface area contributed by atoms with Crippen molar-refractivity contribution in [1.82, 2.24) is 0 Å². The van der Waals surface area contributed by atoms with Crippen LogP contribution in [0.5, 0.6) is 0 Å². The molecule has 0 aliphatic heterocycles. The van der Waals surface area contributed by atoms with Crippen LogP contribution in [0.4, 0.5) is 4.39 Å². The van der Waals surface area contributed by atoms with E-state index < -0.39 is 21.6 Å². The molecule has 0 amide bonds. The molecule has 0 saturated carbocycles. The monoisotopic (exact) mass is 567 g/mol. The summed E-state index contributed by atoms with van der Waals surface area (Å²) < 4.78 is 41.3. The normalized spacial score (nSPS) is 13.7. The van der Waals surface area contributed by atoms with Gasteiger partial charge in [-0.25, -0.2) is 12.8 Å². The van der Waals surface area contributed by atoms with Gasteiger partial charge in [0.2, 0.25) is 0 Å². The van der Waals surface area contributed by atoms with Gasteiger partial charge in [0.1, 0.15) is 11.9 Å². The SMILES string of the molecule is CC(=O)/C=C\C=C(\C)C[C@@H](c1ccc(P)cc1)[C@H](CS(=O)(=O)c1ccc(F)c(C#N)c1)c1ccc(Cl)cc1. The van der Waals surface area contributed by atoms with Gasteiger partial charge in [0.25, 0.3) is 0 Å². The maximum absolute atomic E-state index is 13.9. The minimum Gasteiger partial charge on any atom is -0.295 e. The number of carbonyl (C=O) groups is 1. The lowest BCUT2D eigenvalue weighted by Gasteiger charge is -2.29. The van der Waals surface area contributed by atoms with E-state index in [0.717, 1.165) is 34.1 Å². The Labute approximate surface area is 231 Å².